The monoisotopic (exact) mass is 233 g/mol. The van der Waals surface area contributed by atoms with Crippen molar-refractivity contribution in [3.8, 4) is 0 Å². The van der Waals surface area contributed by atoms with Gasteiger partial charge in [-0.3, -0.25) is 0 Å². The topological polar surface area (TPSA) is 21.3 Å². The zero-order valence-corrected chi connectivity index (χ0v) is 8.90. The van der Waals surface area contributed by atoms with Crippen molar-refractivity contribution in [2.45, 2.75) is 25.4 Å². The summed E-state index contributed by atoms with van der Waals surface area (Å²) in [5.74, 6) is 0. The first-order chi connectivity index (χ1) is 5.85. The third-order valence-electron chi connectivity index (χ3n) is 3.12. The van der Waals surface area contributed by atoms with Crippen molar-refractivity contribution in [2.24, 2.45) is 5.41 Å². The van der Waals surface area contributed by atoms with Crippen LogP contribution in [0.1, 0.15) is 19.3 Å². The summed E-state index contributed by atoms with van der Waals surface area (Å²) in [7, 11) is 0. The van der Waals surface area contributed by atoms with E-state index in [2.05, 4.69) is 21.2 Å². The zero-order valence-electron chi connectivity index (χ0n) is 7.31. The second-order valence-electron chi connectivity index (χ2n) is 4.04. The van der Waals surface area contributed by atoms with Crippen LogP contribution in [0.5, 0.6) is 0 Å². The average Bonchev–Trinajstić information content (AvgIpc) is 2.50. The lowest BCUT2D eigenvalue weighted by Crippen LogP contribution is -2.37. The van der Waals surface area contributed by atoms with E-state index in [9.17, 15) is 0 Å². The van der Waals surface area contributed by atoms with Crippen LogP contribution < -0.4 is 5.32 Å². The maximum absolute atomic E-state index is 5.72. The van der Waals surface area contributed by atoms with Gasteiger partial charge in [-0.15, -0.1) is 0 Å². The lowest BCUT2D eigenvalue weighted by molar-refractivity contribution is 0.0977. The fourth-order valence-electron chi connectivity index (χ4n) is 2.30. The first kappa shape index (κ1) is 8.97. The molecule has 2 rings (SSSR count). The van der Waals surface area contributed by atoms with Gasteiger partial charge in [-0.05, 0) is 37.8 Å². The van der Waals surface area contributed by atoms with Crippen molar-refractivity contribution in [2.75, 3.05) is 25.0 Å². The maximum atomic E-state index is 5.72. The number of alkyl halides is 1. The number of halogens is 1. The quantitative estimate of drug-likeness (QED) is 0.695. The van der Waals surface area contributed by atoms with Crippen LogP contribution in [0.15, 0.2) is 0 Å². The van der Waals surface area contributed by atoms with Gasteiger partial charge in [0.15, 0.2) is 0 Å². The van der Waals surface area contributed by atoms with Gasteiger partial charge in [-0.1, -0.05) is 15.9 Å². The Kier molecular flexibility index (Phi) is 2.72. The Morgan fingerprint density at radius 3 is 2.75 bits per heavy atom. The van der Waals surface area contributed by atoms with Crippen molar-refractivity contribution in [3.05, 3.63) is 0 Å². The fourth-order valence-corrected chi connectivity index (χ4v) is 2.72. The summed E-state index contributed by atoms with van der Waals surface area (Å²) >= 11 is 3.49. The minimum atomic E-state index is 0.475. The second-order valence-corrected chi connectivity index (χ2v) is 4.69. The molecule has 70 valence electrons. The molecule has 1 atom stereocenters. The molecule has 12 heavy (non-hydrogen) atoms. The van der Waals surface area contributed by atoms with E-state index < -0.39 is 0 Å². The molecule has 0 aromatic rings. The molecule has 2 aliphatic rings. The van der Waals surface area contributed by atoms with Crippen molar-refractivity contribution >= 4 is 15.9 Å². The van der Waals surface area contributed by atoms with E-state index in [-0.39, 0.29) is 0 Å². The Morgan fingerprint density at radius 1 is 1.42 bits per heavy atom. The highest BCUT2D eigenvalue weighted by atomic mass is 79.9. The number of ether oxygens (including phenoxy) is 1. The maximum Gasteiger partial charge on any atom is 0.0678 e. The van der Waals surface area contributed by atoms with Gasteiger partial charge in [0.1, 0.15) is 0 Å². The Morgan fingerprint density at radius 2 is 2.17 bits per heavy atom. The molecule has 2 nitrogen and oxygen atoms in total. The van der Waals surface area contributed by atoms with E-state index in [1.807, 2.05) is 0 Å². The van der Waals surface area contributed by atoms with E-state index in [1.54, 1.807) is 0 Å². The summed E-state index contributed by atoms with van der Waals surface area (Å²) in [5, 5.41) is 4.40. The Labute approximate surface area is 82.2 Å². The SMILES string of the molecule is BrC[C@@H]1CC2(CCNCC2)CO1. The van der Waals surface area contributed by atoms with E-state index in [0.717, 1.165) is 11.9 Å². The molecule has 3 heteroatoms. The predicted molar refractivity (Wildman–Crippen MR) is 52.7 cm³/mol. The van der Waals surface area contributed by atoms with Crippen LogP contribution in [0.3, 0.4) is 0 Å². The summed E-state index contributed by atoms with van der Waals surface area (Å²) < 4.78 is 5.72. The number of hydrogen-bond donors (Lipinski definition) is 1. The summed E-state index contributed by atoms with van der Waals surface area (Å²) in [6.45, 7) is 3.35. The van der Waals surface area contributed by atoms with Crippen LogP contribution in [-0.2, 0) is 4.74 Å². The molecule has 1 spiro atoms. The molecule has 0 aliphatic carbocycles. The Hall–Kier alpha value is 0.400. The normalized spacial score (nSPS) is 34.2. The van der Waals surface area contributed by atoms with E-state index in [1.165, 1.54) is 32.4 Å². The van der Waals surface area contributed by atoms with Crippen LogP contribution in [0.25, 0.3) is 0 Å². The molecule has 2 heterocycles. The Bertz CT molecular complexity index is 157. The van der Waals surface area contributed by atoms with Crippen LogP contribution >= 0.6 is 15.9 Å². The lowest BCUT2D eigenvalue weighted by Gasteiger charge is -2.32. The highest BCUT2D eigenvalue weighted by Gasteiger charge is 2.40. The molecule has 0 radical (unpaired) electrons. The summed E-state index contributed by atoms with van der Waals surface area (Å²) in [5.41, 5.74) is 0.531. The van der Waals surface area contributed by atoms with E-state index in [4.69, 9.17) is 4.74 Å². The summed E-state index contributed by atoms with van der Waals surface area (Å²) in [4.78, 5) is 0. The molecule has 1 N–H and O–H groups in total. The standard InChI is InChI=1S/C9H16BrNO/c10-6-8-5-9(7-12-8)1-3-11-4-2-9/h8,11H,1-7H2/t8-/m0/s1. The van der Waals surface area contributed by atoms with Crippen LogP contribution in [0.4, 0.5) is 0 Å². The zero-order chi connectivity index (χ0) is 8.44. The highest BCUT2D eigenvalue weighted by Crippen LogP contribution is 2.40. The smallest absolute Gasteiger partial charge is 0.0678 e. The molecule has 0 unspecified atom stereocenters. The molecule has 0 saturated carbocycles. The van der Waals surface area contributed by atoms with Crippen LogP contribution in [0.2, 0.25) is 0 Å². The second kappa shape index (κ2) is 3.64. The number of rotatable bonds is 1. The third kappa shape index (κ3) is 1.68. The van der Waals surface area contributed by atoms with Gasteiger partial charge in [0.05, 0.1) is 12.7 Å². The van der Waals surface area contributed by atoms with Crippen molar-refractivity contribution in [1.82, 2.24) is 5.32 Å². The minimum absolute atomic E-state index is 0.475. The van der Waals surface area contributed by atoms with E-state index in [0.29, 0.717) is 11.5 Å². The van der Waals surface area contributed by atoms with Gasteiger partial charge >= 0.3 is 0 Å². The molecular weight excluding hydrogens is 218 g/mol. The van der Waals surface area contributed by atoms with E-state index >= 15 is 0 Å². The molecule has 2 aliphatic heterocycles. The third-order valence-corrected chi connectivity index (χ3v) is 3.84. The molecule has 0 aromatic heterocycles. The Balaban J connectivity index is 1.94. The van der Waals surface area contributed by atoms with Gasteiger partial charge in [-0.25, -0.2) is 0 Å². The number of hydrogen-bond acceptors (Lipinski definition) is 2. The largest absolute Gasteiger partial charge is 0.377 e. The number of nitrogens with one attached hydrogen (secondary N) is 1. The predicted octanol–water partition coefficient (Wildman–Crippen LogP) is 1.54. The van der Waals surface area contributed by atoms with Gasteiger partial charge in [0.25, 0.3) is 0 Å². The van der Waals surface area contributed by atoms with Gasteiger partial charge < -0.3 is 10.1 Å². The van der Waals surface area contributed by atoms with Crippen molar-refractivity contribution < 1.29 is 4.74 Å². The first-order valence-electron chi connectivity index (χ1n) is 4.73. The summed E-state index contributed by atoms with van der Waals surface area (Å²) in [6.07, 6.45) is 4.34. The molecule has 2 saturated heterocycles. The van der Waals surface area contributed by atoms with Gasteiger partial charge in [0.2, 0.25) is 0 Å². The first-order valence-corrected chi connectivity index (χ1v) is 5.85. The van der Waals surface area contributed by atoms with Crippen molar-refractivity contribution in [3.63, 3.8) is 0 Å². The van der Waals surface area contributed by atoms with Crippen LogP contribution in [0, 0.1) is 5.41 Å². The molecule has 0 bridgehead atoms. The molecule has 2 fully saturated rings. The number of piperidine rings is 1. The summed E-state index contributed by atoms with van der Waals surface area (Å²) in [6, 6.07) is 0. The molecular formula is C9H16BrNO. The van der Waals surface area contributed by atoms with Crippen molar-refractivity contribution in [1.29, 1.82) is 0 Å². The molecule has 0 aromatic carbocycles. The average molecular weight is 234 g/mol. The van der Waals surface area contributed by atoms with Gasteiger partial charge in [-0.2, -0.15) is 0 Å². The molecule has 0 amide bonds. The minimum Gasteiger partial charge on any atom is -0.377 e. The highest BCUT2D eigenvalue weighted by molar-refractivity contribution is 9.09. The van der Waals surface area contributed by atoms with Gasteiger partial charge in [0, 0.05) is 5.33 Å². The lowest BCUT2D eigenvalue weighted by atomic mass is 9.77. The fraction of sp³-hybridized carbons (Fsp3) is 1.00. The van der Waals surface area contributed by atoms with Crippen LogP contribution in [-0.4, -0.2) is 31.1 Å².